The Labute approximate surface area is 330 Å². The minimum absolute atomic E-state index is 0. The minimum Gasteiger partial charge on any atom is -0.509 e. The van der Waals surface area contributed by atoms with Gasteiger partial charge in [-0.15, -0.1) is 35.7 Å². The maximum atomic E-state index is 6.50. The van der Waals surface area contributed by atoms with Gasteiger partial charge in [0.05, 0.1) is 12.8 Å². The summed E-state index contributed by atoms with van der Waals surface area (Å²) < 4.78 is 16.2. The van der Waals surface area contributed by atoms with Crippen molar-refractivity contribution in [2.45, 2.75) is 38.5 Å². The number of rotatable bonds is 8. The van der Waals surface area contributed by atoms with E-state index in [1.807, 2.05) is 47.1 Å². The van der Waals surface area contributed by atoms with Crippen LogP contribution in [0.5, 0.6) is 17.2 Å². The maximum Gasteiger partial charge on any atom is 2.00 e. The van der Waals surface area contributed by atoms with Gasteiger partial charge in [0.25, 0.3) is 0 Å². The summed E-state index contributed by atoms with van der Waals surface area (Å²) in [6.07, 6.45) is 6.32. The third-order valence-corrected chi connectivity index (χ3v) is 10.5. The molecule has 0 aliphatic heterocycles. The van der Waals surface area contributed by atoms with Gasteiger partial charge in [0.1, 0.15) is 11.6 Å². The first-order valence-corrected chi connectivity index (χ1v) is 18.1. The summed E-state index contributed by atoms with van der Waals surface area (Å²) in [4.78, 5) is 4.69. The molecule has 54 heavy (non-hydrogen) atoms. The summed E-state index contributed by atoms with van der Waals surface area (Å²) >= 11 is 0. The Morgan fingerprint density at radius 2 is 1.52 bits per heavy atom. The summed E-state index contributed by atoms with van der Waals surface area (Å²) in [6.45, 7) is 4.32. The van der Waals surface area contributed by atoms with Crippen LogP contribution in [0.25, 0.3) is 38.9 Å². The number of methoxy groups -OCH3 is 1. The van der Waals surface area contributed by atoms with Crippen molar-refractivity contribution < 1.29 is 30.5 Å². The van der Waals surface area contributed by atoms with E-state index in [9.17, 15) is 0 Å². The zero-order valence-electron chi connectivity index (χ0n) is 30.3. The van der Waals surface area contributed by atoms with Crippen LogP contribution in [-0.2, 0) is 21.1 Å². The summed E-state index contributed by atoms with van der Waals surface area (Å²) in [6, 6.07) is 50.9. The van der Waals surface area contributed by atoms with Crippen molar-refractivity contribution in [3.8, 4) is 28.8 Å². The van der Waals surface area contributed by atoms with E-state index < -0.39 is 0 Å². The number of hydrogen-bond acceptors (Lipinski definition) is 4. The van der Waals surface area contributed by atoms with Crippen LogP contribution >= 0.6 is 0 Å². The molecule has 1 aliphatic carbocycles. The molecule has 0 amide bonds. The van der Waals surface area contributed by atoms with Crippen LogP contribution in [0, 0.1) is 26.0 Å². The van der Waals surface area contributed by atoms with Crippen LogP contribution in [-0.4, -0.2) is 26.4 Å². The fourth-order valence-electron chi connectivity index (χ4n) is 8.17. The Morgan fingerprint density at radius 1 is 0.759 bits per heavy atom. The van der Waals surface area contributed by atoms with Crippen molar-refractivity contribution in [1.29, 1.82) is 0 Å². The largest absolute Gasteiger partial charge is 2.00 e. The molecule has 1 aliphatic rings. The Balaban J connectivity index is 0.00000413. The van der Waals surface area contributed by atoms with Crippen molar-refractivity contribution in [3.63, 3.8) is 0 Å². The van der Waals surface area contributed by atoms with Gasteiger partial charge in [0.2, 0.25) is 0 Å². The third kappa shape index (κ3) is 6.35. The molecule has 6 nitrogen and oxygen atoms in total. The van der Waals surface area contributed by atoms with E-state index in [4.69, 9.17) is 14.6 Å². The Hall–Kier alpha value is -5.71. The van der Waals surface area contributed by atoms with Crippen LogP contribution in [0.1, 0.15) is 52.8 Å². The molecule has 7 heteroatoms. The first kappa shape index (κ1) is 35.3. The second-order valence-electron chi connectivity index (χ2n) is 13.6. The first-order valence-electron chi connectivity index (χ1n) is 18.1. The van der Waals surface area contributed by atoms with Gasteiger partial charge in [-0.25, -0.2) is 4.98 Å². The van der Waals surface area contributed by atoms with Crippen LogP contribution in [0.15, 0.2) is 140 Å². The van der Waals surface area contributed by atoms with Crippen LogP contribution in [0.3, 0.4) is 0 Å². The summed E-state index contributed by atoms with van der Waals surface area (Å²) in [5, 5.41) is 7.33. The molecule has 0 spiro atoms. The van der Waals surface area contributed by atoms with Crippen molar-refractivity contribution in [2.24, 2.45) is 0 Å². The van der Waals surface area contributed by atoms with Gasteiger partial charge in [0.15, 0.2) is 0 Å². The molecule has 3 aromatic heterocycles. The molecule has 0 saturated heterocycles. The zero-order chi connectivity index (χ0) is 35.9. The SMILES string of the molecule is COc1ccnc(-n2c3[c-]c(Oc4[c-]c(-n5nc(C)c(C6C(c7ccccc7)=CCC[C@@H]6c6ccccc6)c5C)ccc4)ccc3c3ccccc32)c1.[Pt+2]. The molecule has 3 heterocycles. The summed E-state index contributed by atoms with van der Waals surface area (Å²) in [5.74, 6) is 3.14. The van der Waals surface area contributed by atoms with Gasteiger partial charge in [-0.2, -0.15) is 17.2 Å². The Morgan fingerprint density at radius 3 is 2.33 bits per heavy atom. The second-order valence-corrected chi connectivity index (χ2v) is 13.6. The van der Waals surface area contributed by atoms with Gasteiger partial charge in [-0.3, -0.25) is 4.68 Å². The quantitative estimate of drug-likeness (QED) is 0.143. The number of allylic oxidation sites excluding steroid dienone is 2. The van der Waals surface area contributed by atoms with Crippen molar-refractivity contribution in [2.75, 3.05) is 7.11 Å². The van der Waals surface area contributed by atoms with Crippen LogP contribution in [0.2, 0.25) is 0 Å². The predicted molar refractivity (Wildman–Crippen MR) is 211 cm³/mol. The normalized spacial score (nSPS) is 15.5. The third-order valence-electron chi connectivity index (χ3n) is 10.5. The second kappa shape index (κ2) is 15.0. The molecule has 2 atom stereocenters. The number of hydrogen-bond donors (Lipinski definition) is 0. The van der Waals surface area contributed by atoms with Crippen molar-refractivity contribution in [3.05, 3.63) is 180 Å². The number of para-hydroxylation sites is 1. The van der Waals surface area contributed by atoms with Gasteiger partial charge >= 0.3 is 21.1 Å². The molecule has 0 N–H and O–H groups in total. The van der Waals surface area contributed by atoms with Crippen molar-refractivity contribution in [1.82, 2.24) is 19.3 Å². The van der Waals surface area contributed by atoms with E-state index >= 15 is 0 Å². The maximum absolute atomic E-state index is 6.50. The molecular formula is C47H38N4O2Pt. The first-order chi connectivity index (χ1) is 26.1. The smallest absolute Gasteiger partial charge is 0.509 e. The molecule has 5 aromatic carbocycles. The number of aromatic nitrogens is 4. The molecule has 1 unspecified atom stereocenters. The molecule has 0 saturated carbocycles. The number of ether oxygens (including phenoxy) is 2. The van der Waals surface area contributed by atoms with E-state index in [2.05, 4.69) is 127 Å². The molecular weight excluding hydrogens is 848 g/mol. The van der Waals surface area contributed by atoms with E-state index in [1.165, 1.54) is 22.3 Å². The van der Waals surface area contributed by atoms with Gasteiger partial charge < -0.3 is 14.0 Å². The Kier molecular flexibility index (Phi) is 9.79. The summed E-state index contributed by atoms with van der Waals surface area (Å²) in [7, 11) is 1.66. The minimum atomic E-state index is 0. The van der Waals surface area contributed by atoms with E-state index in [0.29, 0.717) is 17.4 Å². The fraction of sp³-hybridized carbons (Fsp3) is 0.149. The molecule has 268 valence electrons. The molecule has 0 radical (unpaired) electrons. The van der Waals surface area contributed by atoms with Crippen LogP contribution in [0.4, 0.5) is 0 Å². The fourth-order valence-corrected chi connectivity index (χ4v) is 8.17. The Bertz CT molecular complexity index is 2630. The number of benzene rings is 5. The summed E-state index contributed by atoms with van der Waals surface area (Å²) in [5.41, 5.74) is 10.1. The average molecular weight is 886 g/mol. The average Bonchev–Trinajstić information content (AvgIpc) is 3.70. The van der Waals surface area contributed by atoms with Gasteiger partial charge in [0, 0.05) is 46.5 Å². The molecule has 0 fully saturated rings. The molecule has 9 rings (SSSR count). The molecule has 0 bridgehead atoms. The van der Waals surface area contributed by atoms with E-state index in [0.717, 1.165) is 63.3 Å². The topological polar surface area (TPSA) is 54.1 Å². The number of pyridine rings is 1. The van der Waals surface area contributed by atoms with Crippen molar-refractivity contribution >= 4 is 27.4 Å². The van der Waals surface area contributed by atoms with E-state index in [1.54, 1.807) is 13.3 Å². The zero-order valence-corrected chi connectivity index (χ0v) is 32.5. The standard InChI is InChI=1S/C47H38N4O2.Pt/c1-31-46(47-39(33-14-6-4-7-15-33)21-13-22-40(47)34-16-8-5-9-17-34)32(2)51(49-31)35-18-12-19-37(28-35)53-38-24-25-42-41-20-10-11-23-43(41)50(44(42)29-38)45-30-36(52-3)26-27-48-45;/h4-12,14-21,23-27,30,40,47H,13,22H2,1-3H3;/q-2;+2/t40-,47?;/m1./s1. The monoisotopic (exact) mass is 885 g/mol. The predicted octanol–water partition coefficient (Wildman–Crippen LogP) is 11.1. The van der Waals surface area contributed by atoms with E-state index in [-0.39, 0.29) is 27.0 Å². The number of nitrogens with zero attached hydrogens (tertiary/aromatic N) is 4. The number of aryl methyl sites for hydroxylation is 1. The van der Waals surface area contributed by atoms with Gasteiger partial charge in [-0.1, -0.05) is 90.5 Å². The van der Waals surface area contributed by atoms with Crippen LogP contribution < -0.4 is 9.47 Å². The van der Waals surface area contributed by atoms with Gasteiger partial charge in [-0.05, 0) is 72.5 Å². The molecule has 8 aromatic rings. The number of fused-ring (bicyclic) bond motifs is 3.